The third-order valence-electron chi connectivity index (χ3n) is 9.73. The summed E-state index contributed by atoms with van der Waals surface area (Å²) in [5, 5.41) is 25.5. The molecule has 1 saturated carbocycles. The zero-order valence-corrected chi connectivity index (χ0v) is 25.0. The van der Waals surface area contributed by atoms with Gasteiger partial charge in [-0.1, -0.05) is 30.3 Å². The fourth-order valence-corrected chi connectivity index (χ4v) is 9.21. The molecule has 5 atom stereocenters. The highest BCUT2D eigenvalue weighted by Crippen LogP contribution is 2.65. The summed E-state index contributed by atoms with van der Waals surface area (Å²) in [7, 11) is 1.77. The number of phenolic OH excluding ortho intramolecular Hbond substituents is 1. The summed E-state index contributed by atoms with van der Waals surface area (Å²) in [6.45, 7) is 1.26. The number of benzene rings is 2. The van der Waals surface area contributed by atoms with E-state index < -0.39 is 23.2 Å². The summed E-state index contributed by atoms with van der Waals surface area (Å²) in [6.07, 6.45) is 4.95. The number of halogens is 1. The number of aromatic hydroxyl groups is 1. The maximum Gasteiger partial charge on any atom is 0.246 e. The van der Waals surface area contributed by atoms with Crippen LogP contribution in [0.4, 0.5) is 0 Å². The minimum atomic E-state index is -1.38. The lowest BCUT2D eigenvalue weighted by Crippen LogP contribution is -2.79. The van der Waals surface area contributed by atoms with Gasteiger partial charge >= 0.3 is 0 Å². The zero-order chi connectivity index (χ0) is 28.5. The van der Waals surface area contributed by atoms with Crippen LogP contribution >= 0.6 is 27.3 Å². The number of nitrogens with zero attached hydrogens (tertiary/aromatic N) is 2. The third-order valence-corrected chi connectivity index (χ3v) is 11.4. The lowest BCUT2D eigenvalue weighted by Gasteiger charge is -2.63. The van der Waals surface area contributed by atoms with E-state index >= 15 is 0 Å². The molecule has 1 spiro atoms. The summed E-state index contributed by atoms with van der Waals surface area (Å²) in [5.41, 5.74) is 0.0351. The van der Waals surface area contributed by atoms with E-state index in [4.69, 9.17) is 4.74 Å². The molecule has 2 aliphatic heterocycles. The van der Waals surface area contributed by atoms with E-state index in [-0.39, 0.29) is 29.2 Å². The largest absolute Gasteiger partial charge is 0.504 e. The Hall–Kier alpha value is -2.98. The van der Waals surface area contributed by atoms with Gasteiger partial charge in [0.15, 0.2) is 17.3 Å². The number of hydrogen-bond acceptors (Lipinski definition) is 7. The third kappa shape index (κ3) is 3.89. The Balaban J connectivity index is 1.25. The summed E-state index contributed by atoms with van der Waals surface area (Å²) in [6, 6.07) is 14.3. The minimum absolute atomic E-state index is 0.0384. The Bertz CT molecular complexity index is 1570. The predicted molar refractivity (Wildman–Crippen MR) is 160 cm³/mol. The molecule has 7 nitrogen and oxygen atoms in total. The molecule has 1 amide bonds. The van der Waals surface area contributed by atoms with Gasteiger partial charge in [0.2, 0.25) is 5.91 Å². The Morgan fingerprint density at radius 2 is 2.05 bits per heavy atom. The van der Waals surface area contributed by atoms with Crippen molar-refractivity contribution in [2.24, 2.45) is 0 Å². The fourth-order valence-electron chi connectivity index (χ4n) is 7.87. The Morgan fingerprint density at radius 3 is 2.80 bits per heavy atom. The lowest BCUT2D eigenvalue weighted by molar-refractivity contribution is -0.187. The first kappa shape index (κ1) is 26.9. The summed E-state index contributed by atoms with van der Waals surface area (Å²) >= 11 is 4.99. The molecule has 2 unspecified atom stereocenters. The van der Waals surface area contributed by atoms with Crippen LogP contribution in [0.3, 0.4) is 0 Å². The van der Waals surface area contributed by atoms with E-state index in [0.29, 0.717) is 43.5 Å². The number of carbonyl (C=O) groups excluding carboxylic acids is 2. The number of aliphatic hydroxyl groups is 1. The van der Waals surface area contributed by atoms with Crippen molar-refractivity contribution in [1.29, 1.82) is 0 Å². The van der Waals surface area contributed by atoms with Crippen molar-refractivity contribution in [3.63, 3.8) is 0 Å². The number of rotatable bonds is 6. The van der Waals surface area contributed by atoms with E-state index in [2.05, 4.69) is 33.0 Å². The predicted octanol–water partition coefficient (Wildman–Crippen LogP) is 4.79. The van der Waals surface area contributed by atoms with Crippen molar-refractivity contribution in [3.8, 4) is 11.5 Å². The molecule has 2 aromatic carbocycles. The molecular weight excluding hydrogens is 604 g/mol. The molecule has 0 radical (unpaired) electrons. The topological polar surface area (TPSA) is 90.3 Å². The number of phenols is 1. The molecule has 2 N–H and O–H groups in total. The number of likely N-dealkylation sites (N-methyl/N-ethyl adjacent to an activating group) is 1. The van der Waals surface area contributed by atoms with E-state index in [1.807, 2.05) is 29.6 Å². The van der Waals surface area contributed by atoms with Gasteiger partial charge in [0.25, 0.3) is 0 Å². The van der Waals surface area contributed by atoms with Crippen LogP contribution in [0.25, 0.3) is 6.08 Å². The number of Topliss-reactive ketones (excluding diaryl/α,β-unsaturated/α-hetero) is 1. The van der Waals surface area contributed by atoms with Gasteiger partial charge in [-0.15, -0.1) is 11.3 Å². The molecule has 41 heavy (non-hydrogen) atoms. The zero-order valence-electron chi connectivity index (χ0n) is 22.6. The van der Waals surface area contributed by atoms with Crippen LogP contribution < -0.4 is 4.74 Å². The number of piperidine rings is 1. The first-order chi connectivity index (χ1) is 19.7. The molecular formula is C32H31BrN2O5S. The molecule has 1 aromatic heterocycles. The van der Waals surface area contributed by atoms with E-state index in [9.17, 15) is 19.8 Å². The molecule has 2 bridgehead atoms. The van der Waals surface area contributed by atoms with Crippen LogP contribution in [-0.2, 0) is 16.6 Å². The number of hydrogen-bond donors (Lipinski definition) is 2. The van der Waals surface area contributed by atoms with Gasteiger partial charge in [0, 0.05) is 52.1 Å². The van der Waals surface area contributed by atoms with Crippen LogP contribution in [0.15, 0.2) is 64.5 Å². The smallest absolute Gasteiger partial charge is 0.246 e. The fraction of sp³-hybridized carbons (Fsp3) is 0.375. The number of ether oxygens (including phenoxy) is 1. The van der Waals surface area contributed by atoms with Crippen molar-refractivity contribution in [2.45, 2.75) is 54.9 Å². The molecule has 3 aromatic rings. The average Bonchev–Trinajstić information content (AvgIpc) is 3.55. The molecule has 9 heteroatoms. The summed E-state index contributed by atoms with van der Waals surface area (Å²) < 4.78 is 7.50. The van der Waals surface area contributed by atoms with Crippen LogP contribution in [0.1, 0.15) is 45.6 Å². The summed E-state index contributed by atoms with van der Waals surface area (Å²) in [4.78, 5) is 32.3. The van der Waals surface area contributed by atoms with Crippen molar-refractivity contribution in [2.75, 3.05) is 20.1 Å². The molecule has 3 heterocycles. The second kappa shape index (κ2) is 9.80. The monoisotopic (exact) mass is 634 g/mol. The van der Waals surface area contributed by atoms with Crippen molar-refractivity contribution >= 4 is 45.0 Å². The molecule has 2 aliphatic carbocycles. The van der Waals surface area contributed by atoms with Gasteiger partial charge in [0.05, 0.1) is 11.5 Å². The van der Waals surface area contributed by atoms with Gasteiger partial charge in [-0.05, 0) is 71.5 Å². The first-order valence-corrected chi connectivity index (χ1v) is 15.7. The molecule has 4 aliphatic rings. The second-order valence-corrected chi connectivity index (χ2v) is 13.5. The van der Waals surface area contributed by atoms with Crippen molar-refractivity contribution in [1.82, 2.24) is 9.80 Å². The van der Waals surface area contributed by atoms with Gasteiger partial charge in [-0.3, -0.25) is 14.5 Å². The molecule has 1 saturated heterocycles. The van der Waals surface area contributed by atoms with Crippen molar-refractivity contribution < 1.29 is 24.5 Å². The quantitative estimate of drug-likeness (QED) is 0.379. The lowest BCUT2D eigenvalue weighted by atomic mass is 9.48. The van der Waals surface area contributed by atoms with Crippen LogP contribution in [-0.4, -0.2) is 75.6 Å². The van der Waals surface area contributed by atoms with Gasteiger partial charge < -0.3 is 19.8 Å². The maximum absolute atomic E-state index is 14.1. The molecule has 2 fully saturated rings. The Kier molecular flexibility index (Phi) is 6.43. The SMILES string of the molecule is CN(C(=O)/C=C/c1cc(Br)cs1)C1CC[C@@]2(O)[C@H]3C(=O)c4ccc(O)c5c4[C@@]2(CCN3CCc2ccccc2)C1O5. The Morgan fingerprint density at radius 1 is 1.24 bits per heavy atom. The second-order valence-electron chi connectivity index (χ2n) is 11.6. The van der Waals surface area contributed by atoms with Crippen LogP contribution in [0.2, 0.25) is 0 Å². The molecule has 7 rings (SSSR count). The van der Waals surface area contributed by atoms with Crippen molar-refractivity contribution in [3.05, 3.63) is 86.0 Å². The standard InChI is InChI=1S/C32H31BrN2O5S/c1-34(25(37)10-7-21-17-20(33)18-41-21)23-11-13-32(39)29-27(38)22-8-9-24(36)28-26(22)31(32,30(23)40-28)14-16-35(29)15-12-19-5-3-2-4-6-19/h2-10,17-18,23,29-30,36,39H,11-16H2,1H3/b10-7+/t23?,29-,30?,31+,32-/m1/s1. The number of ketones is 1. The highest BCUT2D eigenvalue weighted by atomic mass is 79.9. The normalized spacial score (nSPS) is 29.8. The summed E-state index contributed by atoms with van der Waals surface area (Å²) in [5.74, 6) is -0.0378. The Labute approximate surface area is 251 Å². The first-order valence-electron chi connectivity index (χ1n) is 14.0. The van der Waals surface area contributed by atoms with Gasteiger partial charge in [-0.2, -0.15) is 0 Å². The van der Waals surface area contributed by atoms with E-state index in [0.717, 1.165) is 15.8 Å². The van der Waals surface area contributed by atoms with E-state index in [1.54, 1.807) is 41.5 Å². The number of thiophene rings is 1. The molecule has 212 valence electrons. The van der Waals surface area contributed by atoms with Gasteiger partial charge in [-0.25, -0.2) is 0 Å². The minimum Gasteiger partial charge on any atom is -0.504 e. The number of likely N-dealkylation sites (tertiary alicyclic amines) is 1. The highest BCUT2D eigenvalue weighted by Gasteiger charge is 2.75. The van der Waals surface area contributed by atoms with Gasteiger partial charge in [0.1, 0.15) is 17.7 Å². The number of amides is 1. The van der Waals surface area contributed by atoms with Crippen LogP contribution in [0, 0.1) is 0 Å². The highest BCUT2D eigenvalue weighted by molar-refractivity contribution is 9.10. The van der Waals surface area contributed by atoms with Crippen LogP contribution in [0.5, 0.6) is 11.5 Å². The van der Waals surface area contributed by atoms with E-state index in [1.165, 1.54) is 11.6 Å². The maximum atomic E-state index is 14.1. The average molecular weight is 636 g/mol. The number of carbonyl (C=O) groups is 2.